The van der Waals surface area contributed by atoms with E-state index in [4.69, 9.17) is 5.11 Å². The molecule has 0 aliphatic carbocycles. The number of carboxylic acid groups (broad SMARTS) is 1. The van der Waals surface area contributed by atoms with E-state index in [2.05, 4.69) is 14.4 Å². The van der Waals surface area contributed by atoms with Gasteiger partial charge in [-0.05, 0) is 6.07 Å². The number of nitrogens with zero attached hydrogens (tertiary/aromatic N) is 1. The van der Waals surface area contributed by atoms with Gasteiger partial charge in [0.25, 0.3) is 0 Å². The first-order valence-electron chi connectivity index (χ1n) is 4.76. The van der Waals surface area contributed by atoms with Gasteiger partial charge in [0.05, 0.1) is 12.7 Å². The Hall–Kier alpha value is -2.44. The van der Waals surface area contributed by atoms with Crippen LogP contribution in [-0.4, -0.2) is 23.3 Å². The molecule has 0 saturated heterocycles. The summed E-state index contributed by atoms with van der Waals surface area (Å²) < 4.78 is 36.3. The molecule has 0 fully saturated rings. The summed E-state index contributed by atoms with van der Waals surface area (Å²) in [4.78, 5) is 10.6. The van der Waals surface area contributed by atoms with Gasteiger partial charge in [0.15, 0.2) is 23.0 Å². The molecule has 94 valence electrons. The Kier molecular flexibility index (Phi) is 2.97. The highest BCUT2D eigenvalue weighted by Crippen LogP contribution is 2.30. The van der Waals surface area contributed by atoms with Crippen LogP contribution in [0.5, 0.6) is 5.75 Å². The summed E-state index contributed by atoms with van der Waals surface area (Å²) in [6.07, 6.45) is 0. The van der Waals surface area contributed by atoms with Crippen LogP contribution in [0.1, 0.15) is 10.5 Å². The normalized spacial score (nSPS) is 10.4. The van der Waals surface area contributed by atoms with Crippen molar-refractivity contribution in [3.63, 3.8) is 0 Å². The Morgan fingerprint density at radius 1 is 1.39 bits per heavy atom. The Morgan fingerprint density at radius 3 is 2.67 bits per heavy atom. The topological polar surface area (TPSA) is 72.6 Å². The van der Waals surface area contributed by atoms with Crippen LogP contribution < -0.4 is 4.74 Å². The van der Waals surface area contributed by atoms with Gasteiger partial charge in [-0.25, -0.2) is 13.6 Å². The molecule has 0 aliphatic heterocycles. The molecule has 18 heavy (non-hydrogen) atoms. The lowest BCUT2D eigenvalue weighted by Crippen LogP contribution is -1.95. The number of ether oxygens (including phenoxy) is 1. The zero-order chi connectivity index (χ0) is 13.3. The van der Waals surface area contributed by atoms with Gasteiger partial charge in [0.1, 0.15) is 5.82 Å². The van der Waals surface area contributed by atoms with Crippen LogP contribution in [0.25, 0.3) is 11.3 Å². The summed E-state index contributed by atoms with van der Waals surface area (Å²) in [5.41, 5.74) is -0.653. The third-order valence-corrected chi connectivity index (χ3v) is 2.22. The average Bonchev–Trinajstić information content (AvgIpc) is 2.81. The fraction of sp³-hybridized carbons (Fsp3) is 0.0909. The average molecular weight is 255 g/mol. The van der Waals surface area contributed by atoms with Gasteiger partial charge in [-0.2, -0.15) is 0 Å². The number of hydrogen-bond acceptors (Lipinski definition) is 4. The molecule has 1 N–H and O–H groups in total. The van der Waals surface area contributed by atoms with Crippen molar-refractivity contribution in [2.75, 3.05) is 7.11 Å². The lowest BCUT2D eigenvalue weighted by atomic mass is 10.1. The van der Waals surface area contributed by atoms with Crippen LogP contribution in [0, 0.1) is 11.6 Å². The highest BCUT2D eigenvalue weighted by Gasteiger charge is 2.19. The van der Waals surface area contributed by atoms with E-state index in [0.717, 1.165) is 18.2 Å². The molecule has 0 aliphatic rings. The molecule has 1 heterocycles. The standard InChI is InChI=1S/C11H7F2NO4/c1-17-9-3-5(12)2-6(10(9)13)8-4-7(11(15)16)14-18-8/h2-4H,1H3,(H,15,16). The van der Waals surface area contributed by atoms with Gasteiger partial charge in [-0.3, -0.25) is 0 Å². The van der Waals surface area contributed by atoms with Crippen molar-refractivity contribution < 1.29 is 27.9 Å². The molecule has 5 nitrogen and oxygen atoms in total. The van der Waals surface area contributed by atoms with Crippen LogP contribution in [0.2, 0.25) is 0 Å². The van der Waals surface area contributed by atoms with Gasteiger partial charge >= 0.3 is 5.97 Å². The van der Waals surface area contributed by atoms with E-state index in [0.29, 0.717) is 0 Å². The number of benzene rings is 1. The highest BCUT2D eigenvalue weighted by atomic mass is 19.1. The molecule has 0 saturated carbocycles. The molecule has 2 rings (SSSR count). The van der Waals surface area contributed by atoms with Crippen LogP contribution in [-0.2, 0) is 0 Å². The molecule has 7 heteroatoms. The SMILES string of the molecule is COc1cc(F)cc(-c2cc(C(=O)O)no2)c1F. The van der Waals surface area contributed by atoms with E-state index >= 15 is 0 Å². The molecule has 0 bridgehead atoms. The number of methoxy groups -OCH3 is 1. The van der Waals surface area contributed by atoms with Crippen molar-refractivity contribution in [1.29, 1.82) is 0 Å². The van der Waals surface area contributed by atoms with Crippen molar-refractivity contribution in [3.05, 3.63) is 35.5 Å². The van der Waals surface area contributed by atoms with Crippen molar-refractivity contribution in [3.8, 4) is 17.1 Å². The van der Waals surface area contributed by atoms with E-state index in [9.17, 15) is 13.6 Å². The maximum atomic E-state index is 13.8. The number of rotatable bonds is 3. The van der Waals surface area contributed by atoms with Gasteiger partial charge < -0.3 is 14.4 Å². The summed E-state index contributed by atoms with van der Waals surface area (Å²) in [5.74, 6) is -3.42. The Labute approximate surface area is 99.6 Å². The number of aromatic carboxylic acids is 1. The van der Waals surface area contributed by atoms with Crippen molar-refractivity contribution in [2.24, 2.45) is 0 Å². The zero-order valence-electron chi connectivity index (χ0n) is 9.11. The maximum absolute atomic E-state index is 13.8. The minimum atomic E-state index is -1.33. The molecule has 0 radical (unpaired) electrons. The molecule has 2 aromatic rings. The highest BCUT2D eigenvalue weighted by molar-refractivity contribution is 5.86. The number of carbonyl (C=O) groups is 1. The summed E-state index contributed by atoms with van der Waals surface area (Å²) >= 11 is 0. The van der Waals surface area contributed by atoms with E-state index in [1.165, 1.54) is 7.11 Å². The molecular weight excluding hydrogens is 248 g/mol. The molecule has 1 aromatic carbocycles. The zero-order valence-corrected chi connectivity index (χ0v) is 9.11. The first-order chi connectivity index (χ1) is 8.52. The molecule has 0 amide bonds. The first-order valence-corrected chi connectivity index (χ1v) is 4.76. The maximum Gasteiger partial charge on any atom is 0.358 e. The van der Waals surface area contributed by atoms with Crippen molar-refractivity contribution >= 4 is 5.97 Å². The Morgan fingerprint density at radius 2 is 2.11 bits per heavy atom. The lowest BCUT2D eigenvalue weighted by molar-refractivity contribution is 0.0686. The van der Waals surface area contributed by atoms with Crippen LogP contribution in [0.4, 0.5) is 8.78 Å². The van der Waals surface area contributed by atoms with Gasteiger partial charge in [-0.1, -0.05) is 5.16 Å². The third-order valence-electron chi connectivity index (χ3n) is 2.22. The summed E-state index contributed by atoms with van der Waals surface area (Å²) in [7, 11) is 1.19. The smallest absolute Gasteiger partial charge is 0.358 e. The second-order valence-corrected chi connectivity index (χ2v) is 3.35. The minimum absolute atomic E-state index is 0.192. The van der Waals surface area contributed by atoms with Gasteiger partial charge in [-0.15, -0.1) is 0 Å². The minimum Gasteiger partial charge on any atom is -0.494 e. The lowest BCUT2D eigenvalue weighted by Gasteiger charge is -2.05. The predicted octanol–water partition coefficient (Wildman–Crippen LogP) is 2.33. The fourth-order valence-electron chi connectivity index (χ4n) is 1.40. The molecule has 0 spiro atoms. The third kappa shape index (κ3) is 2.02. The van der Waals surface area contributed by atoms with E-state index in [1.807, 2.05) is 0 Å². The first kappa shape index (κ1) is 12.0. The van der Waals surface area contributed by atoms with E-state index in [-0.39, 0.29) is 17.1 Å². The number of halogens is 2. The summed E-state index contributed by atoms with van der Waals surface area (Å²) in [6.45, 7) is 0. The van der Waals surface area contributed by atoms with Crippen molar-refractivity contribution in [1.82, 2.24) is 5.16 Å². The van der Waals surface area contributed by atoms with Gasteiger partial charge in [0.2, 0.25) is 0 Å². The van der Waals surface area contributed by atoms with E-state index in [1.54, 1.807) is 0 Å². The van der Waals surface area contributed by atoms with Crippen LogP contribution in [0.15, 0.2) is 22.7 Å². The second kappa shape index (κ2) is 4.44. The summed E-state index contributed by atoms with van der Waals surface area (Å²) in [6, 6.07) is 2.73. The van der Waals surface area contributed by atoms with Gasteiger partial charge in [0, 0.05) is 12.1 Å². The van der Waals surface area contributed by atoms with E-state index < -0.39 is 23.3 Å². The number of hydrogen-bond donors (Lipinski definition) is 1. The largest absolute Gasteiger partial charge is 0.494 e. The summed E-state index contributed by atoms with van der Waals surface area (Å²) in [5, 5.41) is 11.9. The predicted molar refractivity (Wildman–Crippen MR) is 55.4 cm³/mol. The number of aromatic nitrogens is 1. The number of carboxylic acids is 1. The molecule has 1 aromatic heterocycles. The monoisotopic (exact) mass is 255 g/mol. The Balaban J connectivity index is 2.55. The van der Waals surface area contributed by atoms with Crippen LogP contribution in [0.3, 0.4) is 0 Å². The van der Waals surface area contributed by atoms with Crippen LogP contribution >= 0.6 is 0 Å². The Bertz CT molecular complexity index is 609. The molecule has 0 unspecified atom stereocenters. The second-order valence-electron chi connectivity index (χ2n) is 3.35. The molecular formula is C11H7F2NO4. The van der Waals surface area contributed by atoms with Crippen molar-refractivity contribution in [2.45, 2.75) is 0 Å². The fourth-order valence-corrected chi connectivity index (χ4v) is 1.40. The quantitative estimate of drug-likeness (QED) is 0.911. The molecule has 0 atom stereocenters.